The molecule has 0 heterocycles. The summed E-state index contributed by atoms with van der Waals surface area (Å²) in [5.74, 6) is 0. The number of hydrogen-bond donors (Lipinski definition) is 1. The van der Waals surface area contributed by atoms with Crippen LogP contribution in [0.1, 0.15) is 17.5 Å². The van der Waals surface area contributed by atoms with E-state index in [2.05, 4.69) is 22.4 Å². The minimum absolute atomic E-state index is 0.639. The molecule has 82 valence electrons. The van der Waals surface area contributed by atoms with Crippen LogP contribution in [0.5, 0.6) is 0 Å². The van der Waals surface area contributed by atoms with Gasteiger partial charge in [0.25, 0.3) is 0 Å². The van der Waals surface area contributed by atoms with Gasteiger partial charge in [-0.15, -0.1) is 0 Å². The molecule has 0 aliphatic heterocycles. The van der Waals surface area contributed by atoms with Gasteiger partial charge in [-0.05, 0) is 48.8 Å². The van der Waals surface area contributed by atoms with Crippen LogP contribution >= 0.6 is 11.8 Å². The molecular formula is C12H13N3S. The molecule has 1 aromatic carbocycles. The van der Waals surface area contributed by atoms with Crippen LogP contribution in [-0.4, -0.2) is 11.4 Å². The molecular weight excluding hydrogens is 218 g/mol. The Morgan fingerprint density at radius 1 is 1.44 bits per heavy atom. The van der Waals surface area contributed by atoms with Gasteiger partial charge in [-0.25, -0.2) is 4.99 Å². The SMILES string of the molecule is CSC(=Nc1ccc2c(c1)CCC2)NC#N. The molecule has 0 bridgehead atoms. The Morgan fingerprint density at radius 2 is 2.25 bits per heavy atom. The Hall–Kier alpha value is -1.47. The maximum Gasteiger partial charge on any atom is 0.183 e. The molecule has 0 spiro atoms. The molecule has 0 saturated heterocycles. The summed E-state index contributed by atoms with van der Waals surface area (Å²) >= 11 is 1.44. The number of fused-ring (bicyclic) bond motifs is 1. The first-order valence-electron chi connectivity index (χ1n) is 5.23. The Kier molecular flexibility index (Phi) is 3.47. The fourth-order valence-electron chi connectivity index (χ4n) is 1.92. The Labute approximate surface area is 99.6 Å². The first kappa shape index (κ1) is 11.0. The van der Waals surface area contributed by atoms with E-state index in [1.807, 2.05) is 18.5 Å². The number of benzene rings is 1. The molecule has 1 aliphatic carbocycles. The van der Waals surface area contributed by atoms with Gasteiger partial charge in [-0.2, -0.15) is 5.26 Å². The van der Waals surface area contributed by atoms with Gasteiger partial charge >= 0.3 is 0 Å². The number of amidine groups is 1. The minimum Gasteiger partial charge on any atom is -0.271 e. The summed E-state index contributed by atoms with van der Waals surface area (Å²) in [6.45, 7) is 0. The monoisotopic (exact) mass is 231 g/mol. The molecule has 0 saturated carbocycles. The summed E-state index contributed by atoms with van der Waals surface area (Å²) in [5, 5.41) is 11.8. The van der Waals surface area contributed by atoms with E-state index in [1.54, 1.807) is 0 Å². The second-order valence-corrected chi connectivity index (χ2v) is 4.46. The zero-order valence-electron chi connectivity index (χ0n) is 9.16. The van der Waals surface area contributed by atoms with Crippen molar-refractivity contribution >= 4 is 22.6 Å². The second kappa shape index (κ2) is 5.04. The van der Waals surface area contributed by atoms with E-state index < -0.39 is 0 Å². The number of aliphatic imine (C=N–C) groups is 1. The van der Waals surface area contributed by atoms with E-state index in [0.29, 0.717) is 5.17 Å². The van der Waals surface area contributed by atoms with E-state index in [1.165, 1.54) is 35.7 Å². The molecule has 4 heteroatoms. The number of thioether (sulfide) groups is 1. The predicted molar refractivity (Wildman–Crippen MR) is 67.8 cm³/mol. The molecule has 0 aromatic heterocycles. The molecule has 0 fully saturated rings. The third-order valence-corrected chi connectivity index (χ3v) is 3.25. The van der Waals surface area contributed by atoms with Crippen LogP contribution in [0.25, 0.3) is 0 Å². The van der Waals surface area contributed by atoms with E-state index in [0.717, 1.165) is 12.1 Å². The summed E-state index contributed by atoms with van der Waals surface area (Å²) in [6, 6.07) is 6.28. The first-order valence-corrected chi connectivity index (χ1v) is 6.45. The number of nitrogens with one attached hydrogen (secondary N) is 1. The molecule has 1 aromatic rings. The van der Waals surface area contributed by atoms with Crippen molar-refractivity contribution < 1.29 is 0 Å². The van der Waals surface area contributed by atoms with Gasteiger partial charge in [0.15, 0.2) is 11.4 Å². The van der Waals surface area contributed by atoms with Crippen LogP contribution in [0, 0.1) is 11.5 Å². The van der Waals surface area contributed by atoms with Gasteiger partial charge in [0.1, 0.15) is 0 Å². The van der Waals surface area contributed by atoms with Crippen molar-refractivity contribution in [3.8, 4) is 6.19 Å². The van der Waals surface area contributed by atoms with Crippen molar-refractivity contribution in [1.29, 1.82) is 5.26 Å². The summed E-state index contributed by atoms with van der Waals surface area (Å²) in [5.41, 5.74) is 3.77. The highest BCUT2D eigenvalue weighted by molar-refractivity contribution is 8.13. The lowest BCUT2D eigenvalue weighted by Crippen LogP contribution is -2.12. The normalized spacial score (nSPS) is 14.4. The Balaban J connectivity index is 2.25. The Bertz CT molecular complexity index is 460. The maximum atomic E-state index is 8.55. The second-order valence-electron chi connectivity index (χ2n) is 3.66. The van der Waals surface area contributed by atoms with Crippen molar-refractivity contribution in [2.75, 3.05) is 6.26 Å². The highest BCUT2D eigenvalue weighted by atomic mass is 32.2. The van der Waals surface area contributed by atoms with E-state index in [4.69, 9.17) is 5.26 Å². The predicted octanol–water partition coefficient (Wildman–Crippen LogP) is 2.60. The topological polar surface area (TPSA) is 48.2 Å². The molecule has 0 unspecified atom stereocenters. The molecule has 2 rings (SSSR count). The van der Waals surface area contributed by atoms with Gasteiger partial charge in [0.05, 0.1) is 5.69 Å². The van der Waals surface area contributed by atoms with Crippen molar-refractivity contribution in [1.82, 2.24) is 5.32 Å². The summed E-state index contributed by atoms with van der Waals surface area (Å²) < 4.78 is 0. The molecule has 1 aliphatic rings. The number of aryl methyl sites for hydroxylation is 2. The fourth-order valence-corrected chi connectivity index (χ4v) is 2.26. The quantitative estimate of drug-likeness (QED) is 0.350. The lowest BCUT2D eigenvalue weighted by Gasteiger charge is -2.02. The molecule has 0 atom stereocenters. The van der Waals surface area contributed by atoms with Crippen LogP contribution in [-0.2, 0) is 12.8 Å². The molecule has 16 heavy (non-hydrogen) atoms. The van der Waals surface area contributed by atoms with E-state index in [-0.39, 0.29) is 0 Å². The third kappa shape index (κ3) is 2.37. The van der Waals surface area contributed by atoms with Gasteiger partial charge in [0, 0.05) is 0 Å². The highest BCUT2D eigenvalue weighted by Crippen LogP contribution is 2.26. The van der Waals surface area contributed by atoms with Crippen LogP contribution in [0.2, 0.25) is 0 Å². The van der Waals surface area contributed by atoms with Gasteiger partial charge in [-0.3, -0.25) is 5.32 Å². The fraction of sp³-hybridized carbons (Fsp3) is 0.333. The number of nitrogens with zero attached hydrogens (tertiary/aromatic N) is 2. The van der Waals surface area contributed by atoms with Gasteiger partial charge in [0.2, 0.25) is 0 Å². The summed E-state index contributed by atoms with van der Waals surface area (Å²) in [7, 11) is 0. The first-order chi connectivity index (χ1) is 7.83. The van der Waals surface area contributed by atoms with Gasteiger partial charge < -0.3 is 0 Å². The van der Waals surface area contributed by atoms with Crippen LogP contribution in [0.3, 0.4) is 0 Å². The third-order valence-electron chi connectivity index (χ3n) is 2.67. The zero-order chi connectivity index (χ0) is 11.4. The summed E-state index contributed by atoms with van der Waals surface area (Å²) in [6.07, 6.45) is 7.37. The average molecular weight is 231 g/mol. The molecule has 3 nitrogen and oxygen atoms in total. The number of hydrogen-bond acceptors (Lipinski definition) is 3. The highest BCUT2D eigenvalue weighted by Gasteiger charge is 2.10. The van der Waals surface area contributed by atoms with Crippen molar-refractivity contribution in [3.63, 3.8) is 0 Å². The van der Waals surface area contributed by atoms with Crippen LogP contribution in [0.4, 0.5) is 5.69 Å². The number of nitriles is 1. The van der Waals surface area contributed by atoms with Crippen molar-refractivity contribution in [3.05, 3.63) is 29.3 Å². The van der Waals surface area contributed by atoms with E-state index >= 15 is 0 Å². The van der Waals surface area contributed by atoms with Gasteiger partial charge in [-0.1, -0.05) is 17.8 Å². The van der Waals surface area contributed by atoms with Crippen LogP contribution < -0.4 is 5.32 Å². The van der Waals surface area contributed by atoms with Crippen molar-refractivity contribution in [2.24, 2.45) is 4.99 Å². The Morgan fingerprint density at radius 3 is 3.00 bits per heavy atom. The minimum atomic E-state index is 0.639. The lowest BCUT2D eigenvalue weighted by atomic mass is 10.1. The smallest absolute Gasteiger partial charge is 0.183 e. The number of rotatable bonds is 1. The zero-order valence-corrected chi connectivity index (χ0v) is 9.97. The average Bonchev–Trinajstić information content (AvgIpc) is 2.75. The maximum absolute atomic E-state index is 8.55. The van der Waals surface area contributed by atoms with Crippen LogP contribution in [0.15, 0.2) is 23.2 Å². The molecule has 0 amide bonds. The van der Waals surface area contributed by atoms with Crippen molar-refractivity contribution in [2.45, 2.75) is 19.3 Å². The standard InChI is InChI=1S/C12H13N3S/c1-16-12(14-8-13)15-11-6-5-9-3-2-4-10(9)7-11/h5-7H,2-4H2,1H3,(H,14,15). The summed E-state index contributed by atoms with van der Waals surface area (Å²) in [4.78, 5) is 4.39. The molecule has 0 radical (unpaired) electrons. The largest absolute Gasteiger partial charge is 0.271 e. The molecule has 1 N–H and O–H groups in total. The lowest BCUT2D eigenvalue weighted by molar-refractivity contribution is 0.912. The van der Waals surface area contributed by atoms with E-state index in [9.17, 15) is 0 Å².